The van der Waals surface area contributed by atoms with Crippen molar-refractivity contribution < 1.29 is 9.21 Å². The Bertz CT molecular complexity index is 1020. The molecule has 138 valence electrons. The molecule has 0 unspecified atom stereocenters. The standard InChI is InChI=1S/C19H14BrCl2N3O2/c1-11-8-13(3-5-16(11)20)24-19(26)25-23-10-14-4-7-18(27-14)15-9-12(21)2-6-17(15)22/h2-10H,1H3,(H2,24,25,26)/b23-10+. The minimum absolute atomic E-state index is 0.459. The third-order valence-electron chi connectivity index (χ3n) is 3.59. The van der Waals surface area contributed by atoms with Crippen LogP contribution in [0.15, 0.2) is 62.5 Å². The largest absolute Gasteiger partial charge is 0.455 e. The minimum Gasteiger partial charge on any atom is -0.455 e. The lowest BCUT2D eigenvalue weighted by Gasteiger charge is -2.06. The van der Waals surface area contributed by atoms with Crippen LogP contribution in [0.25, 0.3) is 11.3 Å². The first-order chi connectivity index (χ1) is 12.9. The Morgan fingerprint density at radius 1 is 1.15 bits per heavy atom. The van der Waals surface area contributed by atoms with E-state index in [9.17, 15) is 4.79 Å². The number of aryl methyl sites for hydroxylation is 1. The van der Waals surface area contributed by atoms with Crippen LogP contribution < -0.4 is 10.7 Å². The van der Waals surface area contributed by atoms with Gasteiger partial charge in [0.25, 0.3) is 0 Å². The maximum absolute atomic E-state index is 11.9. The molecule has 3 rings (SSSR count). The number of hydrazone groups is 1. The average Bonchev–Trinajstić information content (AvgIpc) is 3.09. The van der Waals surface area contributed by atoms with Crippen LogP contribution in [0.2, 0.25) is 10.0 Å². The zero-order valence-electron chi connectivity index (χ0n) is 14.1. The first kappa shape index (κ1) is 19.5. The van der Waals surface area contributed by atoms with Crippen LogP contribution in [-0.4, -0.2) is 12.2 Å². The van der Waals surface area contributed by atoms with Gasteiger partial charge >= 0.3 is 6.03 Å². The van der Waals surface area contributed by atoms with Crippen molar-refractivity contribution in [2.75, 3.05) is 5.32 Å². The van der Waals surface area contributed by atoms with Gasteiger partial charge in [0.2, 0.25) is 0 Å². The van der Waals surface area contributed by atoms with E-state index in [1.54, 1.807) is 36.4 Å². The summed E-state index contributed by atoms with van der Waals surface area (Å²) < 4.78 is 6.64. The number of benzene rings is 2. The lowest BCUT2D eigenvalue weighted by Crippen LogP contribution is -2.24. The Morgan fingerprint density at radius 3 is 2.74 bits per heavy atom. The molecular weight excluding hydrogens is 453 g/mol. The van der Waals surface area contributed by atoms with Crippen LogP contribution in [0.1, 0.15) is 11.3 Å². The van der Waals surface area contributed by atoms with Crippen molar-refractivity contribution in [2.24, 2.45) is 5.10 Å². The summed E-state index contributed by atoms with van der Waals surface area (Å²) in [5, 5.41) is 7.65. The number of furan rings is 1. The van der Waals surface area contributed by atoms with E-state index in [-0.39, 0.29) is 0 Å². The second kappa shape index (κ2) is 8.61. The second-order valence-electron chi connectivity index (χ2n) is 5.61. The SMILES string of the molecule is Cc1cc(NC(=O)N/N=C/c2ccc(-c3cc(Cl)ccc3Cl)o2)ccc1Br. The van der Waals surface area contributed by atoms with E-state index in [1.807, 2.05) is 19.1 Å². The summed E-state index contributed by atoms with van der Waals surface area (Å²) >= 11 is 15.6. The molecule has 27 heavy (non-hydrogen) atoms. The zero-order chi connectivity index (χ0) is 19.4. The van der Waals surface area contributed by atoms with Crippen LogP contribution in [0.4, 0.5) is 10.5 Å². The topological polar surface area (TPSA) is 66.6 Å². The first-order valence-electron chi connectivity index (χ1n) is 7.84. The molecule has 1 aromatic heterocycles. The monoisotopic (exact) mass is 465 g/mol. The summed E-state index contributed by atoms with van der Waals surface area (Å²) in [5.41, 5.74) is 4.74. The Kier molecular flexibility index (Phi) is 6.21. The van der Waals surface area contributed by atoms with Gasteiger partial charge < -0.3 is 9.73 Å². The summed E-state index contributed by atoms with van der Waals surface area (Å²) in [6, 6.07) is 13.6. The van der Waals surface area contributed by atoms with Crippen molar-refractivity contribution in [1.82, 2.24) is 5.43 Å². The summed E-state index contributed by atoms with van der Waals surface area (Å²) in [6.07, 6.45) is 1.40. The molecule has 8 heteroatoms. The third-order valence-corrected chi connectivity index (χ3v) is 5.05. The average molecular weight is 467 g/mol. The number of rotatable bonds is 4. The highest BCUT2D eigenvalue weighted by molar-refractivity contribution is 9.10. The van der Waals surface area contributed by atoms with Gasteiger partial charge in [-0.2, -0.15) is 5.10 Å². The summed E-state index contributed by atoms with van der Waals surface area (Å²) in [5.74, 6) is 1.01. The second-order valence-corrected chi connectivity index (χ2v) is 7.31. The number of nitrogens with one attached hydrogen (secondary N) is 2. The molecule has 2 N–H and O–H groups in total. The van der Waals surface area contributed by atoms with Crippen LogP contribution in [0, 0.1) is 6.92 Å². The summed E-state index contributed by atoms with van der Waals surface area (Å²) in [4.78, 5) is 11.9. The predicted octanol–water partition coefficient (Wildman–Crippen LogP) is 6.48. The molecule has 0 aliphatic heterocycles. The molecule has 2 aromatic carbocycles. The Balaban J connectivity index is 1.61. The van der Waals surface area contributed by atoms with E-state index in [1.165, 1.54) is 6.21 Å². The maximum Gasteiger partial charge on any atom is 0.339 e. The zero-order valence-corrected chi connectivity index (χ0v) is 17.2. The first-order valence-corrected chi connectivity index (χ1v) is 9.39. The van der Waals surface area contributed by atoms with Gasteiger partial charge in [-0.25, -0.2) is 10.2 Å². The molecule has 0 bridgehead atoms. The minimum atomic E-state index is -0.461. The van der Waals surface area contributed by atoms with Gasteiger partial charge in [0, 0.05) is 20.7 Å². The molecule has 0 spiro atoms. The number of hydrogen-bond acceptors (Lipinski definition) is 3. The number of carbonyl (C=O) groups is 1. The van der Waals surface area contributed by atoms with Crippen molar-refractivity contribution in [1.29, 1.82) is 0 Å². The van der Waals surface area contributed by atoms with E-state index in [2.05, 4.69) is 31.8 Å². The number of nitrogens with zero attached hydrogens (tertiary/aromatic N) is 1. The Labute approximate surface area is 174 Å². The van der Waals surface area contributed by atoms with Gasteiger partial charge in [-0.1, -0.05) is 39.1 Å². The highest BCUT2D eigenvalue weighted by Crippen LogP contribution is 2.31. The molecule has 0 atom stereocenters. The van der Waals surface area contributed by atoms with Gasteiger partial charge in [0.05, 0.1) is 11.2 Å². The fourth-order valence-electron chi connectivity index (χ4n) is 2.29. The molecule has 1 heterocycles. The van der Waals surface area contributed by atoms with Crippen LogP contribution in [0.5, 0.6) is 0 Å². The van der Waals surface area contributed by atoms with Crippen LogP contribution in [0.3, 0.4) is 0 Å². The quantitative estimate of drug-likeness (QED) is 0.341. The number of carbonyl (C=O) groups excluding carboxylic acids is 1. The lowest BCUT2D eigenvalue weighted by molar-refractivity contribution is 0.252. The number of urea groups is 1. The smallest absolute Gasteiger partial charge is 0.339 e. The van der Waals surface area contributed by atoms with Crippen molar-refractivity contribution in [3.8, 4) is 11.3 Å². The van der Waals surface area contributed by atoms with E-state index in [0.29, 0.717) is 32.8 Å². The number of amides is 2. The molecule has 3 aromatic rings. The van der Waals surface area contributed by atoms with Crippen molar-refractivity contribution in [3.63, 3.8) is 0 Å². The molecular formula is C19H14BrCl2N3O2. The molecule has 0 radical (unpaired) electrons. The van der Waals surface area contributed by atoms with Gasteiger partial charge in [0.1, 0.15) is 11.5 Å². The van der Waals surface area contributed by atoms with E-state index in [4.69, 9.17) is 27.6 Å². The van der Waals surface area contributed by atoms with Crippen LogP contribution in [-0.2, 0) is 0 Å². The number of hydrogen-bond donors (Lipinski definition) is 2. The van der Waals surface area contributed by atoms with Crippen molar-refractivity contribution in [2.45, 2.75) is 6.92 Å². The molecule has 0 saturated heterocycles. The lowest BCUT2D eigenvalue weighted by atomic mass is 10.2. The van der Waals surface area contributed by atoms with Gasteiger partial charge in [-0.15, -0.1) is 0 Å². The highest BCUT2D eigenvalue weighted by Gasteiger charge is 2.09. The molecule has 0 aliphatic carbocycles. The van der Waals surface area contributed by atoms with E-state index in [0.717, 1.165) is 10.0 Å². The molecule has 0 saturated carbocycles. The Morgan fingerprint density at radius 2 is 1.96 bits per heavy atom. The predicted molar refractivity (Wildman–Crippen MR) is 113 cm³/mol. The normalized spacial score (nSPS) is 11.0. The molecule has 0 fully saturated rings. The van der Waals surface area contributed by atoms with E-state index < -0.39 is 6.03 Å². The van der Waals surface area contributed by atoms with Gasteiger partial charge in [0.15, 0.2) is 0 Å². The molecule has 5 nitrogen and oxygen atoms in total. The van der Waals surface area contributed by atoms with Crippen LogP contribution >= 0.6 is 39.1 Å². The highest BCUT2D eigenvalue weighted by atomic mass is 79.9. The molecule has 0 aliphatic rings. The summed E-state index contributed by atoms with van der Waals surface area (Å²) in [7, 11) is 0. The maximum atomic E-state index is 11.9. The van der Waals surface area contributed by atoms with Crippen molar-refractivity contribution in [3.05, 3.63) is 74.4 Å². The van der Waals surface area contributed by atoms with E-state index >= 15 is 0 Å². The Hall–Kier alpha value is -2.28. The number of halogens is 3. The fraction of sp³-hybridized carbons (Fsp3) is 0.0526. The molecule has 2 amide bonds. The van der Waals surface area contributed by atoms with Gasteiger partial charge in [-0.3, -0.25) is 0 Å². The van der Waals surface area contributed by atoms with Gasteiger partial charge in [-0.05, 0) is 61.0 Å². The number of anilines is 1. The van der Waals surface area contributed by atoms with Crippen molar-refractivity contribution >= 4 is 57.1 Å². The fourth-order valence-corrected chi connectivity index (χ4v) is 2.92. The third kappa shape index (κ3) is 5.13. The summed E-state index contributed by atoms with van der Waals surface area (Å²) in [6.45, 7) is 1.94.